The number of nitriles is 1. The molecule has 0 amide bonds. The third kappa shape index (κ3) is 2.33. The normalized spacial score (nSPS) is 9.56. The second kappa shape index (κ2) is 5.06. The predicted octanol–water partition coefficient (Wildman–Crippen LogP) is 2.34. The van der Waals surface area contributed by atoms with Gasteiger partial charge in [0.2, 0.25) is 0 Å². The molecule has 0 spiro atoms. The molecule has 2 aromatic rings. The molecule has 90 valence electrons. The van der Waals surface area contributed by atoms with E-state index < -0.39 is 0 Å². The van der Waals surface area contributed by atoms with Crippen molar-refractivity contribution in [1.82, 2.24) is 4.98 Å². The van der Waals surface area contributed by atoms with Crippen LogP contribution in [-0.2, 0) is 0 Å². The Kier molecular flexibility index (Phi) is 3.30. The maximum atomic E-state index is 8.90. The number of nitrogens with two attached hydrogens (primary N) is 1. The van der Waals surface area contributed by atoms with Crippen molar-refractivity contribution in [2.24, 2.45) is 0 Å². The number of rotatable bonds is 3. The fourth-order valence-electron chi connectivity index (χ4n) is 1.46. The van der Waals surface area contributed by atoms with Gasteiger partial charge in [-0.3, -0.25) is 0 Å². The average molecular weight is 241 g/mol. The zero-order valence-electron chi connectivity index (χ0n) is 9.75. The minimum atomic E-state index is 0.229. The maximum absolute atomic E-state index is 8.90. The van der Waals surface area contributed by atoms with Gasteiger partial charge in [0.25, 0.3) is 0 Å². The fourth-order valence-corrected chi connectivity index (χ4v) is 1.46. The molecule has 0 bridgehead atoms. The van der Waals surface area contributed by atoms with E-state index in [-0.39, 0.29) is 5.69 Å². The monoisotopic (exact) mass is 241 g/mol. The van der Waals surface area contributed by atoms with Gasteiger partial charge in [0.15, 0.2) is 11.4 Å². The van der Waals surface area contributed by atoms with Gasteiger partial charge < -0.3 is 15.2 Å². The van der Waals surface area contributed by atoms with E-state index in [9.17, 15) is 0 Å². The first-order chi connectivity index (χ1) is 8.74. The molecule has 0 unspecified atom stereocenters. The third-order valence-corrected chi connectivity index (χ3v) is 2.31. The Balaban J connectivity index is 2.29. The van der Waals surface area contributed by atoms with E-state index in [0.717, 1.165) is 0 Å². The molecule has 0 saturated carbocycles. The number of ether oxygens (including phenoxy) is 2. The number of benzene rings is 1. The smallest absolute Gasteiger partial charge is 0.183 e. The molecule has 2 rings (SSSR count). The van der Waals surface area contributed by atoms with Crippen LogP contribution < -0.4 is 15.2 Å². The number of nitrogen functional groups attached to an aromatic ring is 1. The van der Waals surface area contributed by atoms with Gasteiger partial charge in [-0.2, -0.15) is 5.26 Å². The van der Waals surface area contributed by atoms with Crippen LogP contribution in [-0.4, -0.2) is 12.1 Å². The minimum absolute atomic E-state index is 0.229. The van der Waals surface area contributed by atoms with Gasteiger partial charge in [0, 0.05) is 12.3 Å². The lowest BCUT2D eigenvalue weighted by Crippen LogP contribution is -1.94. The fraction of sp³-hybridized carbons (Fsp3) is 0.0769. The molecule has 2 N–H and O–H groups in total. The number of hydrogen-bond acceptors (Lipinski definition) is 5. The number of anilines is 1. The van der Waals surface area contributed by atoms with Crippen molar-refractivity contribution in [3.63, 3.8) is 0 Å². The molecule has 1 aromatic carbocycles. The summed E-state index contributed by atoms with van der Waals surface area (Å²) in [6.07, 6.45) is 1.54. The SMILES string of the molecule is COc1ccc(Oc2cccnc2C#N)cc1N. The van der Waals surface area contributed by atoms with Crippen LogP contribution in [0.15, 0.2) is 36.5 Å². The van der Waals surface area contributed by atoms with E-state index in [4.69, 9.17) is 20.5 Å². The molecule has 0 aliphatic rings. The summed E-state index contributed by atoms with van der Waals surface area (Å²) in [6, 6.07) is 10.4. The lowest BCUT2D eigenvalue weighted by molar-refractivity contribution is 0.415. The average Bonchev–Trinajstić information content (AvgIpc) is 2.39. The largest absolute Gasteiger partial charge is 0.495 e. The van der Waals surface area contributed by atoms with Crippen LogP contribution in [0.5, 0.6) is 17.2 Å². The summed E-state index contributed by atoms with van der Waals surface area (Å²) in [5.74, 6) is 1.50. The number of methoxy groups -OCH3 is 1. The molecule has 1 heterocycles. The Hall–Kier alpha value is -2.74. The van der Waals surface area contributed by atoms with Crippen molar-refractivity contribution < 1.29 is 9.47 Å². The highest BCUT2D eigenvalue weighted by atomic mass is 16.5. The van der Waals surface area contributed by atoms with Crippen molar-refractivity contribution in [1.29, 1.82) is 5.26 Å². The molecule has 0 saturated heterocycles. The van der Waals surface area contributed by atoms with E-state index >= 15 is 0 Å². The molecular formula is C13H11N3O2. The highest BCUT2D eigenvalue weighted by Gasteiger charge is 2.06. The quantitative estimate of drug-likeness (QED) is 0.834. The molecule has 0 atom stereocenters. The van der Waals surface area contributed by atoms with Crippen molar-refractivity contribution in [2.75, 3.05) is 12.8 Å². The van der Waals surface area contributed by atoms with E-state index in [1.54, 1.807) is 37.4 Å². The third-order valence-electron chi connectivity index (χ3n) is 2.31. The Morgan fingerprint density at radius 1 is 1.28 bits per heavy atom. The van der Waals surface area contributed by atoms with E-state index in [2.05, 4.69) is 4.98 Å². The first kappa shape index (κ1) is 11.7. The Labute approximate surface area is 104 Å². The van der Waals surface area contributed by atoms with Gasteiger partial charge in [-0.1, -0.05) is 0 Å². The van der Waals surface area contributed by atoms with Gasteiger partial charge in [-0.25, -0.2) is 4.98 Å². The molecule has 0 aliphatic carbocycles. The number of nitrogens with zero attached hydrogens (tertiary/aromatic N) is 2. The van der Waals surface area contributed by atoms with Crippen LogP contribution in [0.3, 0.4) is 0 Å². The summed E-state index contributed by atoms with van der Waals surface area (Å²) in [5.41, 5.74) is 6.47. The van der Waals surface area contributed by atoms with Crippen molar-refractivity contribution in [2.45, 2.75) is 0 Å². The van der Waals surface area contributed by atoms with E-state index in [1.807, 2.05) is 6.07 Å². The highest BCUT2D eigenvalue weighted by molar-refractivity contribution is 5.57. The van der Waals surface area contributed by atoms with Crippen LogP contribution in [0.1, 0.15) is 5.69 Å². The van der Waals surface area contributed by atoms with Crippen molar-refractivity contribution >= 4 is 5.69 Å². The molecule has 1 aromatic heterocycles. The second-order valence-electron chi connectivity index (χ2n) is 3.47. The molecular weight excluding hydrogens is 230 g/mol. The molecule has 5 nitrogen and oxygen atoms in total. The second-order valence-corrected chi connectivity index (χ2v) is 3.47. The lowest BCUT2D eigenvalue weighted by atomic mass is 10.2. The highest BCUT2D eigenvalue weighted by Crippen LogP contribution is 2.29. The zero-order valence-corrected chi connectivity index (χ0v) is 9.75. The molecule has 0 fully saturated rings. The van der Waals surface area contributed by atoms with Crippen LogP contribution in [0.25, 0.3) is 0 Å². The van der Waals surface area contributed by atoms with Gasteiger partial charge in [-0.15, -0.1) is 0 Å². The molecule has 0 aliphatic heterocycles. The van der Waals surface area contributed by atoms with Crippen molar-refractivity contribution in [3.05, 3.63) is 42.2 Å². The molecule has 0 radical (unpaired) electrons. The van der Waals surface area contributed by atoms with E-state index in [1.165, 1.54) is 6.20 Å². The summed E-state index contributed by atoms with van der Waals surface area (Å²) in [4.78, 5) is 3.91. The summed E-state index contributed by atoms with van der Waals surface area (Å²) >= 11 is 0. The topological polar surface area (TPSA) is 81.2 Å². The van der Waals surface area contributed by atoms with Crippen molar-refractivity contribution in [3.8, 4) is 23.3 Å². The van der Waals surface area contributed by atoms with Crippen LogP contribution in [0.4, 0.5) is 5.69 Å². The van der Waals surface area contributed by atoms with Gasteiger partial charge >= 0.3 is 0 Å². The number of pyridine rings is 1. The predicted molar refractivity (Wildman–Crippen MR) is 66.4 cm³/mol. The lowest BCUT2D eigenvalue weighted by Gasteiger charge is -2.09. The van der Waals surface area contributed by atoms with Gasteiger partial charge in [0.1, 0.15) is 17.6 Å². The summed E-state index contributed by atoms with van der Waals surface area (Å²) in [6.45, 7) is 0. The van der Waals surface area contributed by atoms with Crippen LogP contribution in [0.2, 0.25) is 0 Å². The molecule has 5 heteroatoms. The minimum Gasteiger partial charge on any atom is -0.495 e. The van der Waals surface area contributed by atoms with Crippen LogP contribution >= 0.6 is 0 Å². The maximum Gasteiger partial charge on any atom is 0.183 e. The molecule has 18 heavy (non-hydrogen) atoms. The Bertz CT molecular complexity index is 605. The zero-order chi connectivity index (χ0) is 13.0. The van der Waals surface area contributed by atoms with Gasteiger partial charge in [-0.05, 0) is 24.3 Å². The summed E-state index contributed by atoms with van der Waals surface area (Å²) in [7, 11) is 1.54. The first-order valence-electron chi connectivity index (χ1n) is 5.21. The Morgan fingerprint density at radius 3 is 2.78 bits per heavy atom. The van der Waals surface area contributed by atoms with Gasteiger partial charge in [0.05, 0.1) is 12.8 Å². The standard InChI is InChI=1S/C13H11N3O2/c1-17-12-5-4-9(7-10(12)15)18-13-3-2-6-16-11(13)8-14/h2-7H,15H2,1H3. The van der Waals surface area contributed by atoms with E-state index in [0.29, 0.717) is 22.9 Å². The number of hydrogen-bond donors (Lipinski definition) is 1. The first-order valence-corrected chi connectivity index (χ1v) is 5.21. The Morgan fingerprint density at radius 2 is 2.11 bits per heavy atom. The summed E-state index contributed by atoms with van der Waals surface area (Å²) < 4.78 is 10.6. The number of aromatic nitrogens is 1. The summed E-state index contributed by atoms with van der Waals surface area (Å²) in [5, 5.41) is 8.90. The van der Waals surface area contributed by atoms with Crippen LogP contribution in [0, 0.1) is 11.3 Å².